The van der Waals surface area contributed by atoms with Crippen molar-refractivity contribution in [3.63, 3.8) is 0 Å². The number of hydrogen-bond donors (Lipinski definition) is 1. The van der Waals surface area contributed by atoms with Crippen molar-refractivity contribution in [3.8, 4) is 0 Å². The Balaban J connectivity index is 1.84. The lowest BCUT2D eigenvalue weighted by Gasteiger charge is -2.32. The molecule has 0 bridgehead atoms. The minimum Gasteiger partial charge on any atom is -0.446 e. The second-order valence-corrected chi connectivity index (χ2v) is 5.28. The molecule has 21 heavy (non-hydrogen) atoms. The highest BCUT2D eigenvalue weighted by Crippen LogP contribution is 2.27. The maximum Gasteiger partial charge on any atom is 0.404 e. The van der Waals surface area contributed by atoms with Gasteiger partial charge in [0.05, 0.1) is 11.6 Å². The number of rotatable bonds is 2. The largest absolute Gasteiger partial charge is 0.446 e. The van der Waals surface area contributed by atoms with E-state index < -0.39 is 6.09 Å². The van der Waals surface area contributed by atoms with Gasteiger partial charge in [0.1, 0.15) is 11.9 Å². The fourth-order valence-electron chi connectivity index (χ4n) is 2.57. The second-order valence-electron chi connectivity index (χ2n) is 4.94. The number of hydrogen-bond acceptors (Lipinski definition) is 6. The SMILES string of the molecule is Cn1ncc2c(N3CCC(OC(N)=O)CC3)nc(Cl)nc21. The first-order chi connectivity index (χ1) is 10.0. The normalized spacial score (nSPS) is 16.4. The van der Waals surface area contributed by atoms with Crippen molar-refractivity contribution >= 4 is 34.5 Å². The van der Waals surface area contributed by atoms with Gasteiger partial charge in [0.25, 0.3) is 0 Å². The van der Waals surface area contributed by atoms with Gasteiger partial charge in [-0.05, 0) is 11.6 Å². The number of nitrogens with two attached hydrogens (primary N) is 1. The Morgan fingerprint density at radius 3 is 2.81 bits per heavy atom. The molecule has 1 amide bonds. The highest BCUT2D eigenvalue weighted by atomic mass is 35.5. The molecule has 2 aromatic heterocycles. The quantitative estimate of drug-likeness (QED) is 0.833. The third kappa shape index (κ3) is 2.71. The maximum atomic E-state index is 10.8. The molecule has 0 aromatic carbocycles. The Morgan fingerprint density at radius 2 is 2.14 bits per heavy atom. The van der Waals surface area contributed by atoms with Gasteiger partial charge in [0.2, 0.25) is 5.28 Å². The second kappa shape index (κ2) is 5.36. The van der Waals surface area contributed by atoms with E-state index >= 15 is 0 Å². The van der Waals surface area contributed by atoms with Crippen LogP contribution >= 0.6 is 11.6 Å². The van der Waals surface area contributed by atoms with E-state index in [0.717, 1.165) is 11.2 Å². The van der Waals surface area contributed by atoms with Crippen LogP contribution in [0.5, 0.6) is 0 Å². The molecule has 3 heterocycles. The molecule has 1 fully saturated rings. The summed E-state index contributed by atoms with van der Waals surface area (Å²) in [7, 11) is 1.81. The van der Waals surface area contributed by atoms with Crippen LogP contribution < -0.4 is 10.6 Å². The van der Waals surface area contributed by atoms with Crippen molar-refractivity contribution in [2.24, 2.45) is 12.8 Å². The van der Waals surface area contributed by atoms with Crippen molar-refractivity contribution in [2.75, 3.05) is 18.0 Å². The molecule has 1 aliphatic rings. The van der Waals surface area contributed by atoms with Crippen molar-refractivity contribution in [1.82, 2.24) is 19.7 Å². The lowest BCUT2D eigenvalue weighted by Crippen LogP contribution is -2.39. The van der Waals surface area contributed by atoms with Crippen LogP contribution in [0.4, 0.5) is 10.6 Å². The summed E-state index contributed by atoms with van der Waals surface area (Å²) < 4.78 is 6.69. The summed E-state index contributed by atoms with van der Waals surface area (Å²) in [6.07, 6.45) is 2.26. The van der Waals surface area contributed by atoms with Crippen LogP contribution in [0.3, 0.4) is 0 Å². The van der Waals surface area contributed by atoms with E-state index in [2.05, 4.69) is 20.0 Å². The summed E-state index contributed by atoms with van der Waals surface area (Å²) in [6.45, 7) is 1.41. The molecule has 0 saturated carbocycles. The Kier molecular flexibility index (Phi) is 3.54. The zero-order valence-electron chi connectivity index (χ0n) is 11.5. The molecule has 3 rings (SSSR count). The van der Waals surface area contributed by atoms with E-state index in [-0.39, 0.29) is 11.4 Å². The number of fused-ring (bicyclic) bond motifs is 1. The van der Waals surface area contributed by atoms with Gasteiger partial charge in [0, 0.05) is 33.0 Å². The molecule has 8 nitrogen and oxygen atoms in total. The van der Waals surface area contributed by atoms with E-state index in [9.17, 15) is 4.79 Å². The van der Waals surface area contributed by atoms with Crippen LogP contribution in [0.25, 0.3) is 11.0 Å². The fraction of sp³-hybridized carbons (Fsp3) is 0.500. The van der Waals surface area contributed by atoms with Crippen LogP contribution in [-0.4, -0.2) is 45.0 Å². The minimum absolute atomic E-state index is 0.138. The van der Waals surface area contributed by atoms with Crippen LogP contribution in [0.15, 0.2) is 6.20 Å². The standard InChI is InChI=1S/C12H15ClN6O2/c1-18-9-8(6-15-18)10(17-11(13)16-9)19-4-2-7(3-5-19)21-12(14)20/h6-7H,2-5H2,1H3,(H2,14,20). The van der Waals surface area contributed by atoms with E-state index in [1.54, 1.807) is 10.9 Å². The summed E-state index contributed by atoms with van der Waals surface area (Å²) in [5, 5.41) is 5.24. The van der Waals surface area contributed by atoms with Gasteiger partial charge >= 0.3 is 6.09 Å². The molecule has 0 unspecified atom stereocenters. The first-order valence-electron chi connectivity index (χ1n) is 6.61. The number of carbonyl (C=O) groups is 1. The Morgan fingerprint density at radius 1 is 1.43 bits per heavy atom. The predicted octanol–water partition coefficient (Wildman–Crippen LogP) is 1.08. The number of aryl methyl sites for hydroxylation is 1. The van der Waals surface area contributed by atoms with Gasteiger partial charge in [-0.15, -0.1) is 0 Å². The van der Waals surface area contributed by atoms with Gasteiger partial charge in [-0.1, -0.05) is 0 Å². The number of nitrogens with zero attached hydrogens (tertiary/aromatic N) is 5. The van der Waals surface area contributed by atoms with Gasteiger partial charge in [0.15, 0.2) is 5.65 Å². The van der Waals surface area contributed by atoms with E-state index in [4.69, 9.17) is 22.1 Å². The predicted molar refractivity (Wildman–Crippen MR) is 77.2 cm³/mol. The van der Waals surface area contributed by atoms with E-state index in [0.29, 0.717) is 31.6 Å². The molecule has 2 aromatic rings. The zero-order valence-corrected chi connectivity index (χ0v) is 12.2. The molecule has 0 aliphatic carbocycles. The van der Waals surface area contributed by atoms with Gasteiger partial charge in [-0.2, -0.15) is 15.1 Å². The molecular formula is C12H15ClN6O2. The average Bonchev–Trinajstić information content (AvgIpc) is 2.80. The molecule has 0 radical (unpaired) electrons. The molecule has 9 heteroatoms. The maximum absolute atomic E-state index is 10.8. The summed E-state index contributed by atoms with van der Waals surface area (Å²) >= 11 is 5.99. The lowest BCUT2D eigenvalue weighted by atomic mass is 10.1. The monoisotopic (exact) mass is 310 g/mol. The Labute approximate surface area is 125 Å². The van der Waals surface area contributed by atoms with Crippen molar-refractivity contribution in [3.05, 3.63) is 11.5 Å². The fourth-order valence-corrected chi connectivity index (χ4v) is 2.73. The third-order valence-electron chi connectivity index (χ3n) is 3.57. The summed E-state index contributed by atoms with van der Waals surface area (Å²) in [6, 6.07) is 0. The van der Waals surface area contributed by atoms with Crippen molar-refractivity contribution < 1.29 is 9.53 Å². The number of halogens is 1. The number of aromatic nitrogens is 4. The topological polar surface area (TPSA) is 99.2 Å². The molecule has 0 atom stereocenters. The number of piperidine rings is 1. The number of primary amides is 1. The van der Waals surface area contributed by atoms with Crippen molar-refractivity contribution in [2.45, 2.75) is 18.9 Å². The smallest absolute Gasteiger partial charge is 0.404 e. The summed E-state index contributed by atoms with van der Waals surface area (Å²) in [5.74, 6) is 0.760. The number of carbonyl (C=O) groups excluding carboxylic acids is 1. The number of anilines is 1. The minimum atomic E-state index is -0.729. The molecule has 112 valence electrons. The average molecular weight is 311 g/mol. The summed E-state index contributed by atoms with van der Waals surface area (Å²) in [4.78, 5) is 21.4. The molecule has 1 saturated heterocycles. The third-order valence-corrected chi connectivity index (χ3v) is 3.74. The molecule has 1 aliphatic heterocycles. The van der Waals surface area contributed by atoms with Gasteiger partial charge < -0.3 is 15.4 Å². The number of amides is 1. The molecular weight excluding hydrogens is 296 g/mol. The first-order valence-corrected chi connectivity index (χ1v) is 6.98. The Hall–Kier alpha value is -2.09. The van der Waals surface area contributed by atoms with E-state index in [1.807, 2.05) is 7.05 Å². The van der Waals surface area contributed by atoms with E-state index in [1.165, 1.54) is 0 Å². The zero-order chi connectivity index (χ0) is 15.0. The lowest BCUT2D eigenvalue weighted by molar-refractivity contribution is 0.0912. The van der Waals surface area contributed by atoms with Crippen LogP contribution in [0, 0.1) is 0 Å². The first kappa shape index (κ1) is 13.9. The molecule has 0 spiro atoms. The highest BCUT2D eigenvalue weighted by Gasteiger charge is 2.24. The van der Waals surface area contributed by atoms with Crippen LogP contribution in [0.2, 0.25) is 5.28 Å². The van der Waals surface area contributed by atoms with Crippen LogP contribution in [0.1, 0.15) is 12.8 Å². The van der Waals surface area contributed by atoms with Crippen molar-refractivity contribution in [1.29, 1.82) is 0 Å². The Bertz CT molecular complexity index is 680. The number of ether oxygens (including phenoxy) is 1. The molecule has 2 N–H and O–H groups in total. The highest BCUT2D eigenvalue weighted by molar-refractivity contribution is 6.28. The van der Waals surface area contributed by atoms with Gasteiger partial charge in [-0.3, -0.25) is 4.68 Å². The van der Waals surface area contributed by atoms with Crippen LogP contribution in [-0.2, 0) is 11.8 Å². The summed E-state index contributed by atoms with van der Waals surface area (Å²) in [5.41, 5.74) is 5.74. The van der Waals surface area contributed by atoms with Gasteiger partial charge in [-0.25, -0.2) is 4.79 Å².